The zero-order chi connectivity index (χ0) is 23.7. The summed E-state index contributed by atoms with van der Waals surface area (Å²) in [6, 6.07) is 22.2. The molecule has 3 heterocycles. The van der Waals surface area contributed by atoms with Crippen molar-refractivity contribution in [2.75, 3.05) is 20.3 Å². The summed E-state index contributed by atoms with van der Waals surface area (Å²) in [6.45, 7) is 5.43. The molecule has 0 spiro atoms. The van der Waals surface area contributed by atoms with Gasteiger partial charge in [0.25, 0.3) is 0 Å². The first-order chi connectivity index (χ1) is 16.6. The molecule has 1 aliphatic rings. The maximum absolute atomic E-state index is 13.5. The molecule has 0 fully saturated rings. The average molecular weight is 456 g/mol. The summed E-state index contributed by atoms with van der Waals surface area (Å²) in [5.41, 5.74) is 6.16. The van der Waals surface area contributed by atoms with Crippen molar-refractivity contribution in [3.63, 3.8) is 0 Å². The van der Waals surface area contributed by atoms with Gasteiger partial charge in [0.05, 0.1) is 36.3 Å². The lowest BCUT2D eigenvalue weighted by Gasteiger charge is -2.31. The Labute approximate surface area is 199 Å². The van der Waals surface area contributed by atoms with E-state index in [1.165, 1.54) is 0 Å². The Bertz CT molecular complexity index is 1310. The SMILES string of the molecule is COCCNC(=O)N1Cc2c(C)nn(-c3ccccc3)c2-n2cccc2[C@H]1c1cccc(C)c1. The van der Waals surface area contributed by atoms with E-state index in [4.69, 9.17) is 9.84 Å². The lowest BCUT2D eigenvalue weighted by Crippen LogP contribution is -2.43. The lowest BCUT2D eigenvalue weighted by atomic mass is 10.00. The molecule has 0 saturated carbocycles. The zero-order valence-corrected chi connectivity index (χ0v) is 19.7. The van der Waals surface area contributed by atoms with Gasteiger partial charge in [0.1, 0.15) is 5.82 Å². The molecular formula is C27H29N5O2. The number of nitrogens with zero attached hydrogens (tertiary/aromatic N) is 4. The van der Waals surface area contributed by atoms with Gasteiger partial charge in [0.15, 0.2) is 0 Å². The van der Waals surface area contributed by atoms with Crippen LogP contribution >= 0.6 is 0 Å². The predicted octanol–water partition coefficient (Wildman–Crippen LogP) is 4.54. The second kappa shape index (κ2) is 9.19. The highest BCUT2D eigenvalue weighted by atomic mass is 16.5. The second-order valence-electron chi connectivity index (χ2n) is 8.61. The Hall–Kier alpha value is -3.84. The number of rotatable bonds is 5. The number of aryl methyl sites for hydroxylation is 2. The molecular weight excluding hydrogens is 426 g/mol. The minimum Gasteiger partial charge on any atom is -0.383 e. The van der Waals surface area contributed by atoms with Crippen LogP contribution < -0.4 is 5.32 Å². The molecule has 5 rings (SSSR count). The Kier molecular flexibility index (Phi) is 5.94. The van der Waals surface area contributed by atoms with Crippen molar-refractivity contribution < 1.29 is 9.53 Å². The molecule has 34 heavy (non-hydrogen) atoms. The van der Waals surface area contributed by atoms with Crippen LogP contribution in [0, 0.1) is 13.8 Å². The molecule has 7 heteroatoms. The number of hydrogen-bond donors (Lipinski definition) is 1. The third-order valence-electron chi connectivity index (χ3n) is 6.29. The maximum atomic E-state index is 13.5. The van der Waals surface area contributed by atoms with Gasteiger partial charge in [-0.25, -0.2) is 9.48 Å². The van der Waals surface area contributed by atoms with Crippen LogP contribution in [0.2, 0.25) is 0 Å². The van der Waals surface area contributed by atoms with Crippen molar-refractivity contribution in [3.8, 4) is 11.5 Å². The first kappa shape index (κ1) is 22.0. The van der Waals surface area contributed by atoms with E-state index in [-0.39, 0.29) is 12.1 Å². The van der Waals surface area contributed by atoms with Gasteiger partial charge < -0.3 is 19.5 Å². The summed E-state index contributed by atoms with van der Waals surface area (Å²) in [5.74, 6) is 0.966. The molecule has 0 saturated heterocycles. The molecule has 1 aliphatic heterocycles. The number of methoxy groups -OCH3 is 1. The second-order valence-corrected chi connectivity index (χ2v) is 8.61. The van der Waals surface area contributed by atoms with Gasteiger partial charge in [0, 0.05) is 25.4 Å². The fourth-order valence-corrected chi connectivity index (χ4v) is 4.70. The number of ether oxygens (including phenoxy) is 1. The smallest absolute Gasteiger partial charge is 0.318 e. The molecule has 174 valence electrons. The first-order valence-corrected chi connectivity index (χ1v) is 11.5. The van der Waals surface area contributed by atoms with Crippen LogP contribution in [0.4, 0.5) is 4.79 Å². The van der Waals surface area contributed by atoms with Crippen molar-refractivity contribution in [2.45, 2.75) is 26.4 Å². The minimum atomic E-state index is -0.256. The van der Waals surface area contributed by atoms with E-state index in [1.54, 1.807) is 7.11 Å². The largest absolute Gasteiger partial charge is 0.383 e. The third-order valence-corrected chi connectivity index (χ3v) is 6.29. The normalized spacial score (nSPS) is 14.9. The monoisotopic (exact) mass is 455 g/mol. The van der Waals surface area contributed by atoms with E-state index < -0.39 is 0 Å². The number of hydrogen-bond acceptors (Lipinski definition) is 3. The van der Waals surface area contributed by atoms with Gasteiger partial charge in [-0.2, -0.15) is 5.10 Å². The van der Waals surface area contributed by atoms with Crippen LogP contribution in [0.5, 0.6) is 0 Å². The summed E-state index contributed by atoms with van der Waals surface area (Å²) in [5, 5.41) is 7.91. The fourth-order valence-electron chi connectivity index (χ4n) is 4.70. The van der Waals surface area contributed by atoms with Crippen molar-refractivity contribution >= 4 is 6.03 Å². The van der Waals surface area contributed by atoms with Crippen LogP contribution in [0.3, 0.4) is 0 Å². The highest BCUT2D eigenvalue weighted by Gasteiger charge is 2.35. The molecule has 0 bridgehead atoms. The van der Waals surface area contributed by atoms with E-state index in [1.807, 2.05) is 59.0 Å². The van der Waals surface area contributed by atoms with Gasteiger partial charge in [-0.1, -0.05) is 48.0 Å². The first-order valence-electron chi connectivity index (χ1n) is 11.5. The highest BCUT2D eigenvalue weighted by molar-refractivity contribution is 5.76. The summed E-state index contributed by atoms with van der Waals surface area (Å²) < 4.78 is 9.31. The van der Waals surface area contributed by atoms with Crippen LogP contribution in [-0.4, -0.2) is 45.5 Å². The van der Waals surface area contributed by atoms with E-state index in [0.717, 1.165) is 39.6 Å². The van der Waals surface area contributed by atoms with Crippen LogP contribution in [-0.2, 0) is 11.3 Å². The number of nitrogens with one attached hydrogen (secondary N) is 1. The molecule has 2 aromatic heterocycles. The molecule has 2 aromatic carbocycles. The standard InChI is InChI=1S/C27H29N5O2/c1-19-9-7-10-21(17-19)25-24-13-8-15-30(24)26-23(18-31(25)27(33)28-14-16-34-3)20(2)29-32(26)22-11-5-4-6-12-22/h4-13,15,17,25H,14,16,18H2,1-3H3,(H,28,33)/t25-/m1/s1. The molecule has 2 amide bonds. The fraction of sp³-hybridized carbons (Fsp3) is 0.259. The lowest BCUT2D eigenvalue weighted by molar-refractivity contribution is 0.168. The predicted molar refractivity (Wildman–Crippen MR) is 131 cm³/mol. The maximum Gasteiger partial charge on any atom is 0.318 e. The van der Waals surface area contributed by atoms with Gasteiger partial charge in [-0.05, 0) is 43.7 Å². The zero-order valence-electron chi connectivity index (χ0n) is 19.7. The Morgan fingerprint density at radius 3 is 2.68 bits per heavy atom. The molecule has 4 aromatic rings. The number of fused-ring (bicyclic) bond motifs is 3. The summed E-state index contributed by atoms with van der Waals surface area (Å²) in [4.78, 5) is 15.5. The summed E-state index contributed by atoms with van der Waals surface area (Å²) in [7, 11) is 1.63. The molecule has 7 nitrogen and oxygen atoms in total. The van der Waals surface area contributed by atoms with E-state index in [9.17, 15) is 4.79 Å². The van der Waals surface area contributed by atoms with Crippen molar-refractivity contribution in [1.29, 1.82) is 0 Å². The van der Waals surface area contributed by atoms with Crippen molar-refractivity contribution in [3.05, 3.63) is 101 Å². The quantitative estimate of drug-likeness (QED) is 0.450. The van der Waals surface area contributed by atoms with Crippen molar-refractivity contribution in [1.82, 2.24) is 24.6 Å². The van der Waals surface area contributed by atoms with E-state index in [0.29, 0.717) is 19.7 Å². The Morgan fingerprint density at radius 2 is 1.91 bits per heavy atom. The minimum absolute atomic E-state index is 0.129. The average Bonchev–Trinajstić information content (AvgIpc) is 3.40. The molecule has 0 unspecified atom stereocenters. The summed E-state index contributed by atoms with van der Waals surface area (Å²) in [6.07, 6.45) is 2.06. The third kappa shape index (κ3) is 3.88. The number of para-hydroxylation sites is 1. The molecule has 1 N–H and O–H groups in total. The van der Waals surface area contributed by atoms with Crippen LogP contribution in [0.1, 0.15) is 34.1 Å². The number of carbonyl (C=O) groups excluding carboxylic acids is 1. The van der Waals surface area contributed by atoms with Gasteiger partial charge in [-0.15, -0.1) is 0 Å². The number of carbonyl (C=O) groups is 1. The summed E-state index contributed by atoms with van der Waals surface area (Å²) >= 11 is 0. The van der Waals surface area contributed by atoms with Crippen LogP contribution in [0.25, 0.3) is 11.5 Å². The highest BCUT2D eigenvalue weighted by Crippen LogP contribution is 2.38. The van der Waals surface area contributed by atoms with Gasteiger partial charge >= 0.3 is 6.03 Å². The van der Waals surface area contributed by atoms with E-state index >= 15 is 0 Å². The number of urea groups is 1. The van der Waals surface area contributed by atoms with Crippen LogP contribution in [0.15, 0.2) is 72.9 Å². The van der Waals surface area contributed by atoms with Gasteiger partial charge in [-0.3, -0.25) is 0 Å². The topological polar surface area (TPSA) is 64.3 Å². The van der Waals surface area contributed by atoms with E-state index in [2.05, 4.69) is 47.3 Å². The molecule has 0 aliphatic carbocycles. The number of aromatic nitrogens is 3. The Balaban J connectivity index is 1.70. The van der Waals surface area contributed by atoms with Gasteiger partial charge in [0.2, 0.25) is 0 Å². The Morgan fingerprint density at radius 1 is 1.09 bits per heavy atom. The number of benzene rings is 2. The molecule has 1 atom stereocenters. The van der Waals surface area contributed by atoms with Crippen molar-refractivity contribution in [2.24, 2.45) is 0 Å². The number of amides is 2. The molecule has 0 radical (unpaired) electrons.